The number of amides is 3. The predicted octanol–water partition coefficient (Wildman–Crippen LogP) is 5.55. The quantitative estimate of drug-likeness (QED) is 0.263. The molecule has 0 spiro atoms. The number of hydrogen-bond donors (Lipinski definition) is 0. The van der Waals surface area contributed by atoms with E-state index in [4.69, 9.17) is 34.8 Å². The van der Waals surface area contributed by atoms with Gasteiger partial charge in [-0.3, -0.25) is 19.2 Å². The fourth-order valence-electron chi connectivity index (χ4n) is 4.76. The normalized spacial score (nSPS) is 20.5. The number of carbonyl (C=O) groups excluding carboxylic acids is 4. The van der Waals surface area contributed by atoms with Crippen LogP contribution in [0.15, 0.2) is 42.5 Å². The zero-order chi connectivity index (χ0) is 25.3. The second kappa shape index (κ2) is 10.6. The first kappa shape index (κ1) is 25.6. The summed E-state index contributed by atoms with van der Waals surface area (Å²) >= 11 is 18.1. The van der Waals surface area contributed by atoms with Gasteiger partial charge < -0.3 is 0 Å². The molecule has 35 heavy (non-hydrogen) atoms. The molecule has 2 aliphatic rings. The number of halogens is 4. The van der Waals surface area contributed by atoms with E-state index in [-0.39, 0.29) is 33.5 Å². The lowest BCUT2D eigenvalue weighted by molar-refractivity contribution is -0.156. The molecule has 4 rings (SSSR count). The summed E-state index contributed by atoms with van der Waals surface area (Å²) in [5, 5.41) is 2.05. The Morgan fingerprint density at radius 2 is 1.51 bits per heavy atom. The van der Waals surface area contributed by atoms with E-state index in [1.54, 1.807) is 0 Å². The Bertz CT molecular complexity index is 1150. The number of imide groups is 1. The maximum atomic E-state index is 13.8. The third-order valence-corrected chi connectivity index (χ3v) is 7.47. The minimum atomic E-state index is -1.28. The van der Waals surface area contributed by atoms with Gasteiger partial charge in [0.05, 0.1) is 21.9 Å². The van der Waals surface area contributed by atoms with Gasteiger partial charge in [0.15, 0.2) is 5.78 Å². The molecule has 1 saturated heterocycles. The van der Waals surface area contributed by atoms with Gasteiger partial charge >= 0.3 is 0 Å². The molecule has 1 heterocycles. The number of Topliss-reactive ketones (excluding diaryl/α,β-unsaturated/α-hetero) is 1. The van der Waals surface area contributed by atoms with E-state index < -0.39 is 47.2 Å². The van der Waals surface area contributed by atoms with Crippen molar-refractivity contribution in [2.75, 3.05) is 5.88 Å². The van der Waals surface area contributed by atoms with Crippen molar-refractivity contribution in [1.29, 1.82) is 0 Å². The third-order valence-electron chi connectivity index (χ3n) is 6.52. The van der Waals surface area contributed by atoms with Crippen molar-refractivity contribution < 1.29 is 23.6 Å². The average molecular weight is 540 g/mol. The number of carbonyl (C=O) groups is 4. The smallest absolute Gasteiger partial charge is 0.273 e. The highest BCUT2D eigenvalue weighted by Crippen LogP contribution is 2.40. The van der Waals surface area contributed by atoms with Gasteiger partial charge in [-0.1, -0.05) is 36.0 Å². The second-order valence-electron chi connectivity index (χ2n) is 8.63. The van der Waals surface area contributed by atoms with Crippen molar-refractivity contribution in [2.24, 2.45) is 11.8 Å². The van der Waals surface area contributed by atoms with Gasteiger partial charge in [0.2, 0.25) is 0 Å². The Morgan fingerprint density at radius 1 is 0.943 bits per heavy atom. The monoisotopic (exact) mass is 538 g/mol. The van der Waals surface area contributed by atoms with Crippen LogP contribution in [0.25, 0.3) is 0 Å². The first-order valence-electron chi connectivity index (χ1n) is 11.3. The molecule has 2 fully saturated rings. The molecule has 0 unspecified atom stereocenters. The van der Waals surface area contributed by atoms with E-state index in [0.717, 1.165) is 35.0 Å². The second-order valence-corrected chi connectivity index (χ2v) is 9.82. The molecule has 3 amide bonds. The van der Waals surface area contributed by atoms with Crippen molar-refractivity contribution in [2.45, 2.75) is 38.1 Å². The summed E-state index contributed by atoms with van der Waals surface area (Å²) in [5.74, 6) is -4.03. The summed E-state index contributed by atoms with van der Waals surface area (Å²) in [6.45, 7) is 0. The molecule has 2 aromatic rings. The van der Waals surface area contributed by atoms with Crippen LogP contribution in [0.3, 0.4) is 0 Å². The van der Waals surface area contributed by atoms with Gasteiger partial charge in [-0.25, -0.2) is 9.40 Å². The average Bonchev–Trinajstić information content (AvgIpc) is 3.10. The van der Waals surface area contributed by atoms with E-state index in [0.29, 0.717) is 12.8 Å². The standard InChI is InChI=1S/C25H22Cl3FN2O4/c26-12-11-21(22(32)14-5-8-16(29)9-6-14)30(23(33)15-7-10-19(27)20(28)13-15)31-24(34)17-3-1-2-4-18(17)25(31)35/h5-10,13,17-18,21H,1-4,11-12H2/t17-,18-,21+/m1/s1. The first-order valence-corrected chi connectivity index (χ1v) is 12.6. The molecular formula is C25H22Cl3FN2O4. The molecule has 184 valence electrons. The largest absolute Gasteiger partial charge is 0.292 e. The Labute approximate surface area is 216 Å². The van der Waals surface area contributed by atoms with Crippen LogP contribution in [0.2, 0.25) is 10.0 Å². The fraction of sp³-hybridized carbons (Fsp3) is 0.360. The van der Waals surface area contributed by atoms with E-state index in [1.807, 2.05) is 0 Å². The number of ketones is 1. The van der Waals surface area contributed by atoms with Crippen LogP contribution in [0.4, 0.5) is 4.39 Å². The zero-order valence-corrected chi connectivity index (χ0v) is 20.8. The minimum absolute atomic E-state index is 0.0359. The maximum Gasteiger partial charge on any atom is 0.273 e. The molecular weight excluding hydrogens is 518 g/mol. The van der Waals surface area contributed by atoms with Gasteiger partial charge in [-0.05, 0) is 61.7 Å². The van der Waals surface area contributed by atoms with E-state index in [2.05, 4.69) is 0 Å². The summed E-state index contributed by atoms with van der Waals surface area (Å²) in [6.07, 6.45) is 2.62. The lowest BCUT2D eigenvalue weighted by Crippen LogP contribution is -2.57. The zero-order valence-electron chi connectivity index (χ0n) is 18.6. The maximum absolute atomic E-state index is 13.8. The number of rotatable bonds is 7. The van der Waals surface area contributed by atoms with Crippen molar-refractivity contribution in [3.8, 4) is 0 Å². The third kappa shape index (κ3) is 4.95. The van der Waals surface area contributed by atoms with Crippen LogP contribution in [0, 0.1) is 17.7 Å². The van der Waals surface area contributed by atoms with E-state index in [1.165, 1.54) is 30.3 Å². The number of nitrogens with zero attached hydrogens (tertiary/aromatic N) is 2. The van der Waals surface area contributed by atoms with Crippen molar-refractivity contribution >= 4 is 58.3 Å². The molecule has 0 N–H and O–H groups in total. The van der Waals surface area contributed by atoms with E-state index in [9.17, 15) is 23.6 Å². The number of hydrogen-bond acceptors (Lipinski definition) is 4. The SMILES string of the molecule is O=C(c1ccc(F)cc1)[C@H](CCCl)N(C(=O)c1ccc(Cl)c(Cl)c1)N1C(=O)[C@@H]2CCCC[C@H]2C1=O. The van der Waals surface area contributed by atoms with Crippen LogP contribution < -0.4 is 0 Å². The summed E-state index contributed by atoms with van der Waals surface area (Å²) in [7, 11) is 0. The molecule has 6 nitrogen and oxygen atoms in total. The van der Waals surface area contributed by atoms with Crippen LogP contribution >= 0.6 is 34.8 Å². The van der Waals surface area contributed by atoms with Crippen LogP contribution in [-0.2, 0) is 9.59 Å². The molecule has 0 aromatic heterocycles. The molecule has 3 atom stereocenters. The van der Waals surface area contributed by atoms with Gasteiger partial charge in [-0.2, -0.15) is 5.01 Å². The van der Waals surface area contributed by atoms with E-state index >= 15 is 0 Å². The molecule has 2 aromatic carbocycles. The molecule has 10 heteroatoms. The van der Waals surface area contributed by atoms with Crippen LogP contribution in [0.1, 0.15) is 52.8 Å². The van der Waals surface area contributed by atoms with Crippen molar-refractivity contribution in [1.82, 2.24) is 10.0 Å². The van der Waals surface area contributed by atoms with Crippen molar-refractivity contribution in [3.05, 3.63) is 69.5 Å². The summed E-state index contributed by atoms with van der Waals surface area (Å²) in [4.78, 5) is 54.2. The highest BCUT2D eigenvalue weighted by atomic mass is 35.5. The number of hydrazine groups is 1. The summed E-state index contributed by atoms with van der Waals surface area (Å²) in [6, 6.07) is 7.67. The van der Waals surface area contributed by atoms with Gasteiger partial charge in [0.25, 0.3) is 17.7 Å². The fourth-order valence-corrected chi connectivity index (χ4v) is 5.27. The number of benzene rings is 2. The summed E-state index contributed by atoms with van der Waals surface area (Å²) < 4.78 is 13.5. The predicted molar refractivity (Wildman–Crippen MR) is 130 cm³/mol. The Balaban J connectivity index is 1.81. The number of alkyl halides is 1. The molecule has 1 saturated carbocycles. The minimum Gasteiger partial charge on any atom is -0.292 e. The number of fused-ring (bicyclic) bond motifs is 1. The first-order chi connectivity index (χ1) is 16.7. The molecule has 1 aliphatic heterocycles. The Hall–Kier alpha value is -2.48. The highest BCUT2D eigenvalue weighted by molar-refractivity contribution is 6.42. The lowest BCUT2D eigenvalue weighted by atomic mass is 9.81. The molecule has 0 radical (unpaired) electrons. The van der Waals surface area contributed by atoms with Gasteiger partial charge in [-0.15, -0.1) is 11.6 Å². The van der Waals surface area contributed by atoms with Gasteiger partial charge in [0.1, 0.15) is 11.9 Å². The topological polar surface area (TPSA) is 74.8 Å². The Morgan fingerprint density at radius 3 is 2.06 bits per heavy atom. The van der Waals surface area contributed by atoms with Crippen LogP contribution in [-0.4, -0.2) is 45.4 Å². The summed E-state index contributed by atoms with van der Waals surface area (Å²) in [5.41, 5.74) is 0.159. The van der Waals surface area contributed by atoms with Crippen molar-refractivity contribution in [3.63, 3.8) is 0 Å². The lowest BCUT2D eigenvalue weighted by Gasteiger charge is -2.36. The molecule has 0 bridgehead atoms. The highest BCUT2D eigenvalue weighted by Gasteiger charge is 2.53. The molecule has 1 aliphatic carbocycles. The van der Waals surface area contributed by atoms with Crippen LogP contribution in [0.5, 0.6) is 0 Å². The Kier molecular flexibility index (Phi) is 7.79. The van der Waals surface area contributed by atoms with Gasteiger partial charge in [0, 0.05) is 17.0 Å².